The number of amides is 1. The van der Waals surface area contributed by atoms with E-state index in [1.807, 2.05) is 65.4 Å². The second kappa shape index (κ2) is 6.98. The Bertz CT molecular complexity index is 1030. The van der Waals surface area contributed by atoms with Crippen molar-refractivity contribution >= 4 is 11.7 Å². The number of benzene rings is 1. The zero-order valence-electron chi connectivity index (χ0n) is 13.8. The van der Waals surface area contributed by atoms with Gasteiger partial charge >= 0.3 is 0 Å². The maximum atomic E-state index is 12.7. The van der Waals surface area contributed by atoms with E-state index in [0.29, 0.717) is 23.0 Å². The molecule has 0 saturated heterocycles. The average molecular weight is 341 g/mol. The fraction of sp³-hybridized carbons (Fsp3) is 0. The van der Waals surface area contributed by atoms with Gasteiger partial charge in [0.2, 0.25) is 0 Å². The van der Waals surface area contributed by atoms with Gasteiger partial charge < -0.3 is 9.88 Å². The lowest BCUT2D eigenvalue weighted by molar-refractivity contribution is 0.102. The number of hydrogen-bond acceptors (Lipinski definition) is 4. The Morgan fingerprint density at radius 3 is 2.50 bits per heavy atom. The third-order valence-electron chi connectivity index (χ3n) is 3.81. The Morgan fingerprint density at radius 2 is 1.69 bits per heavy atom. The van der Waals surface area contributed by atoms with E-state index >= 15 is 0 Å². The summed E-state index contributed by atoms with van der Waals surface area (Å²) in [6, 6.07) is 20.5. The van der Waals surface area contributed by atoms with Gasteiger partial charge in [0.15, 0.2) is 5.82 Å². The number of carbonyl (C=O) groups is 1. The molecule has 6 heteroatoms. The first-order valence-electron chi connectivity index (χ1n) is 8.10. The van der Waals surface area contributed by atoms with Gasteiger partial charge in [0, 0.05) is 24.3 Å². The minimum Gasteiger partial charge on any atom is -0.312 e. The van der Waals surface area contributed by atoms with Gasteiger partial charge in [0.1, 0.15) is 17.2 Å². The molecule has 0 aliphatic carbocycles. The molecule has 0 fully saturated rings. The molecule has 3 aromatic heterocycles. The molecule has 0 saturated carbocycles. The summed E-state index contributed by atoms with van der Waals surface area (Å²) in [7, 11) is 0. The van der Waals surface area contributed by atoms with Crippen molar-refractivity contribution in [3.63, 3.8) is 0 Å². The minimum absolute atomic E-state index is 0.246. The molecule has 0 unspecified atom stereocenters. The van der Waals surface area contributed by atoms with Crippen LogP contribution in [0.1, 0.15) is 10.5 Å². The van der Waals surface area contributed by atoms with Crippen molar-refractivity contribution < 1.29 is 4.79 Å². The number of para-hydroxylation sites is 1. The average Bonchev–Trinajstić information content (AvgIpc) is 3.20. The van der Waals surface area contributed by atoms with Crippen molar-refractivity contribution in [3.05, 3.63) is 91.0 Å². The summed E-state index contributed by atoms with van der Waals surface area (Å²) in [5, 5.41) is 2.83. The fourth-order valence-corrected chi connectivity index (χ4v) is 2.61. The van der Waals surface area contributed by atoms with Crippen LogP contribution in [0.5, 0.6) is 0 Å². The van der Waals surface area contributed by atoms with Crippen LogP contribution in [0, 0.1) is 0 Å². The molecule has 0 bridgehead atoms. The van der Waals surface area contributed by atoms with Gasteiger partial charge in [-0.3, -0.25) is 9.78 Å². The molecule has 0 radical (unpaired) electrons. The van der Waals surface area contributed by atoms with Crippen molar-refractivity contribution in [1.29, 1.82) is 0 Å². The van der Waals surface area contributed by atoms with Crippen LogP contribution in [0.4, 0.5) is 5.82 Å². The van der Waals surface area contributed by atoms with Crippen LogP contribution in [-0.4, -0.2) is 25.4 Å². The number of carbonyl (C=O) groups excluding carboxylic acids is 1. The normalized spacial score (nSPS) is 10.5. The Morgan fingerprint density at radius 1 is 0.846 bits per heavy atom. The fourth-order valence-electron chi connectivity index (χ4n) is 2.61. The summed E-state index contributed by atoms with van der Waals surface area (Å²) in [6.45, 7) is 0. The molecule has 0 aliphatic heterocycles. The van der Waals surface area contributed by atoms with Gasteiger partial charge in [0.25, 0.3) is 5.91 Å². The molecule has 126 valence electrons. The summed E-state index contributed by atoms with van der Waals surface area (Å²) in [6.07, 6.45) is 5.13. The number of anilines is 1. The Hall–Kier alpha value is -3.80. The van der Waals surface area contributed by atoms with E-state index in [2.05, 4.69) is 20.3 Å². The van der Waals surface area contributed by atoms with Gasteiger partial charge in [-0.05, 0) is 42.5 Å². The number of pyridine rings is 1. The van der Waals surface area contributed by atoms with Crippen molar-refractivity contribution in [1.82, 2.24) is 19.5 Å². The zero-order chi connectivity index (χ0) is 17.8. The van der Waals surface area contributed by atoms with E-state index in [1.54, 1.807) is 24.5 Å². The Balaban J connectivity index is 1.60. The molecule has 3 heterocycles. The highest BCUT2D eigenvalue weighted by atomic mass is 16.2. The second-order valence-corrected chi connectivity index (χ2v) is 5.53. The number of hydrogen-bond donors (Lipinski definition) is 1. The number of rotatable bonds is 4. The highest BCUT2D eigenvalue weighted by Crippen LogP contribution is 2.16. The third-order valence-corrected chi connectivity index (χ3v) is 3.81. The van der Waals surface area contributed by atoms with Crippen LogP contribution in [0.3, 0.4) is 0 Å². The first-order chi connectivity index (χ1) is 12.8. The molecule has 4 rings (SSSR count). The Kier molecular flexibility index (Phi) is 4.22. The third kappa shape index (κ3) is 3.21. The molecule has 0 spiro atoms. The summed E-state index contributed by atoms with van der Waals surface area (Å²) in [5.74, 6) is 0.637. The SMILES string of the molecule is O=C(Nc1ccnc(-c2ccccn2)n1)c1cccn1-c1ccccc1. The molecule has 1 amide bonds. The summed E-state index contributed by atoms with van der Waals surface area (Å²) >= 11 is 0. The molecular weight excluding hydrogens is 326 g/mol. The van der Waals surface area contributed by atoms with E-state index in [1.165, 1.54) is 0 Å². The van der Waals surface area contributed by atoms with Gasteiger partial charge in [-0.2, -0.15) is 0 Å². The van der Waals surface area contributed by atoms with Crippen LogP contribution < -0.4 is 5.32 Å². The first kappa shape index (κ1) is 15.7. The van der Waals surface area contributed by atoms with Crippen LogP contribution >= 0.6 is 0 Å². The van der Waals surface area contributed by atoms with E-state index in [-0.39, 0.29) is 5.91 Å². The Labute approximate surface area is 150 Å². The highest BCUT2D eigenvalue weighted by molar-refractivity contribution is 6.03. The van der Waals surface area contributed by atoms with Gasteiger partial charge in [-0.15, -0.1) is 0 Å². The molecule has 1 aromatic carbocycles. The van der Waals surface area contributed by atoms with Crippen LogP contribution in [0.15, 0.2) is 85.3 Å². The van der Waals surface area contributed by atoms with E-state index in [9.17, 15) is 4.79 Å². The molecule has 0 aliphatic rings. The second-order valence-electron chi connectivity index (χ2n) is 5.53. The summed E-state index contributed by atoms with van der Waals surface area (Å²) < 4.78 is 1.83. The number of nitrogens with one attached hydrogen (secondary N) is 1. The van der Waals surface area contributed by atoms with Crippen LogP contribution in [0.25, 0.3) is 17.2 Å². The molecule has 26 heavy (non-hydrogen) atoms. The molecule has 4 aromatic rings. The van der Waals surface area contributed by atoms with Crippen molar-refractivity contribution in [3.8, 4) is 17.2 Å². The lowest BCUT2D eigenvalue weighted by atomic mass is 10.3. The lowest BCUT2D eigenvalue weighted by Gasteiger charge is -2.10. The summed E-state index contributed by atoms with van der Waals surface area (Å²) in [5.41, 5.74) is 2.09. The predicted molar refractivity (Wildman–Crippen MR) is 99.0 cm³/mol. The smallest absolute Gasteiger partial charge is 0.273 e. The monoisotopic (exact) mass is 341 g/mol. The minimum atomic E-state index is -0.246. The van der Waals surface area contributed by atoms with Crippen LogP contribution in [0.2, 0.25) is 0 Å². The largest absolute Gasteiger partial charge is 0.312 e. The summed E-state index contributed by atoms with van der Waals surface area (Å²) in [4.78, 5) is 25.5. The van der Waals surface area contributed by atoms with Crippen molar-refractivity contribution in [2.24, 2.45) is 0 Å². The van der Waals surface area contributed by atoms with E-state index in [0.717, 1.165) is 5.69 Å². The predicted octanol–water partition coefficient (Wildman–Crippen LogP) is 3.58. The number of nitrogens with zero attached hydrogens (tertiary/aromatic N) is 4. The van der Waals surface area contributed by atoms with E-state index < -0.39 is 0 Å². The van der Waals surface area contributed by atoms with Crippen LogP contribution in [-0.2, 0) is 0 Å². The standard InChI is InChI=1S/C20H15N5O/c26-20(17-10-6-14-25(17)15-7-2-1-3-8-15)24-18-11-13-22-19(23-18)16-9-4-5-12-21-16/h1-14H,(H,22,23,24,26). The first-order valence-corrected chi connectivity index (χ1v) is 8.10. The number of aromatic nitrogens is 4. The highest BCUT2D eigenvalue weighted by Gasteiger charge is 2.13. The quantitative estimate of drug-likeness (QED) is 0.616. The van der Waals surface area contributed by atoms with Crippen molar-refractivity contribution in [2.45, 2.75) is 0 Å². The zero-order valence-corrected chi connectivity index (χ0v) is 13.8. The maximum absolute atomic E-state index is 12.7. The van der Waals surface area contributed by atoms with Gasteiger partial charge in [0.05, 0.1) is 0 Å². The van der Waals surface area contributed by atoms with Crippen molar-refractivity contribution in [2.75, 3.05) is 5.32 Å². The van der Waals surface area contributed by atoms with E-state index in [4.69, 9.17) is 0 Å². The topological polar surface area (TPSA) is 72.7 Å². The molecule has 0 atom stereocenters. The lowest BCUT2D eigenvalue weighted by Crippen LogP contribution is -2.17. The molecule has 6 nitrogen and oxygen atoms in total. The maximum Gasteiger partial charge on any atom is 0.273 e. The molecular formula is C20H15N5O. The van der Waals surface area contributed by atoms with Gasteiger partial charge in [-0.25, -0.2) is 9.97 Å². The molecule has 1 N–H and O–H groups in total. The van der Waals surface area contributed by atoms with Gasteiger partial charge in [-0.1, -0.05) is 24.3 Å².